The summed E-state index contributed by atoms with van der Waals surface area (Å²) < 4.78 is 10.4. The number of hydrogen-bond acceptors (Lipinski definition) is 6. The van der Waals surface area contributed by atoms with Crippen molar-refractivity contribution in [3.05, 3.63) is 5.82 Å². The summed E-state index contributed by atoms with van der Waals surface area (Å²) >= 11 is 0. The third-order valence-electron chi connectivity index (χ3n) is 2.44. The number of aryl methyl sites for hydroxylation is 1. The third kappa shape index (κ3) is 2.38. The van der Waals surface area contributed by atoms with Gasteiger partial charge >= 0.3 is 6.01 Å². The summed E-state index contributed by atoms with van der Waals surface area (Å²) in [7, 11) is 1.57. The van der Waals surface area contributed by atoms with Gasteiger partial charge in [-0.05, 0) is 0 Å². The number of ether oxygens (including phenoxy) is 2. The first-order chi connectivity index (χ1) is 7.83. The maximum absolute atomic E-state index is 5.29. The van der Waals surface area contributed by atoms with E-state index < -0.39 is 0 Å². The molecule has 0 N–H and O–H groups in total. The highest BCUT2D eigenvalue weighted by atomic mass is 16.5. The molecule has 1 aliphatic rings. The van der Waals surface area contributed by atoms with E-state index in [0.717, 1.165) is 38.5 Å². The van der Waals surface area contributed by atoms with Crippen molar-refractivity contribution >= 4 is 5.95 Å². The molecular weight excluding hydrogens is 208 g/mol. The fourth-order valence-electron chi connectivity index (χ4n) is 1.54. The quantitative estimate of drug-likeness (QED) is 0.735. The average molecular weight is 224 g/mol. The Morgan fingerprint density at radius 1 is 1.25 bits per heavy atom. The van der Waals surface area contributed by atoms with Gasteiger partial charge in [0.25, 0.3) is 0 Å². The molecule has 0 amide bonds. The summed E-state index contributed by atoms with van der Waals surface area (Å²) in [5, 5.41) is 0. The van der Waals surface area contributed by atoms with Crippen LogP contribution in [0.15, 0.2) is 0 Å². The predicted octanol–water partition coefficient (Wildman–Crippen LogP) is 0.279. The molecule has 0 spiro atoms. The van der Waals surface area contributed by atoms with Crippen LogP contribution in [0.25, 0.3) is 0 Å². The van der Waals surface area contributed by atoms with Gasteiger partial charge < -0.3 is 14.4 Å². The largest absolute Gasteiger partial charge is 0.467 e. The summed E-state index contributed by atoms with van der Waals surface area (Å²) in [6, 6.07) is 0.383. The molecule has 16 heavy (non-hydrogen) atoms. The van der Waals surface area contributed by atoms with E-state index in [9.17, 15) is 0 Å². The van der Waals surface area contributed by atoms with Crippen molar-refractivity contribution in [1.82, 2.24) is 15.0 Å². The van der Waals surface area contributed by atoms with Gasteiger partial charge in [-0.3, -0.25) is 0 Å². The number of methoxy groups -OCH3 is 1. The second-order valence-electron chi connectivity index (χ2n) is 3.49. The Hall–Kier alpha value is -1.43. The second kappa shape index (κ2) is 5.07. The molecule has 1 aromatic rings. The van der Waals surface area contributed by atoms with Crippen molar-refractivity contribution < 1.29 is 9.47 Å². The molecule has 0 saturated carbocycles. The van der Waals surface area contributed by atoms with Crippen molar-refractivity contribution in [2.75, 3.05) is 38.3 Å². The van der Waals surface area contributed by atoms with E-state index in [1.54, 1.807) is 7.11 Å². The van der Waals surface area contributed by atoms with Crippen LogP contribution in [0.2, 0.25) is 0 Å². The Balaban J connectivity index is 2.24. The lowest BCUT2D eigenvalue weighted by Gasteiger charge is -2.26. The molecule has 1 saturated heterocycles. The molecule has 6 heteroatoms. The van der Waals surface area contributed by atoms with Crippen LogP contribution >= 0.6 is 0 Å². The molecule has 0 bridgehead atoms. The molecule has 1 aliphatic heterocycles. The Labute approximate surface area is 94.6 Å². The van der Waals surface area contributed by atoms with E-state index in [1.807, 2.05) is 6.92 Å². The maximum atomic E-state index is 5.29. The van der Waals surface area contributed by atoms with Gasteiger partial charge in [-0.25, -0.2) is 0 Å². The third-order valence-corrected chi connectivity index (χ3v) is 2.44. The Morgan fingerprint density at radius 3 is 2.62 bits per heavy atom. The van der Waals surface area contributed by atoms with Gasteiger partial charge in [-0.15, -0.1) is 0 Å². The van der Waals surface area contributed by atoms with Gasteiger partial charge in [0.05, 0.1) is 20.3 Å². The molecule has 0 unspecified atom stereocenters. The number of rotatable bonds is 3. The van der Waals surface area contributed by atoms with E-state index >= 15 is 0 Å². The summed E-state index contributed by atoms with van der Waals surface area (Å²) in [5.74, 6) is 1.44. The minimum absolute atomic E-state index is 0.383. The fraction of sp³-hybridized carbons (Fsp3) is 0.700. The maximum Gasteiger partial charge on any atom is 0.321 e. The first-order valence-electron chi connectivity index (χ1n) is 5.45. The van der Waals surface area contributed by atoms with Crippen LogP contribution in [-0.4, -0.2) is 48.4 Å². The summed E-state index contributed by atoms with van der Waals surface area (Å²) in [4.78, 5) is 14.9. The summed E-state index contributed by atoms with van der Waals surface area (Å²) in [6.45, 7) is 5.08. The van der Waals surface area contributed by atoms with Crippen molar-refractivity contribution in [3.63, 3.8) is 0 Å². The summed E-state index contributed by atoms with van der Waals surface area (Å²) in [5.41, 5.74) is 0. The summed E-state index contributed by atoms with van der Waals surface area (Å²) in [6.07, 6.45) is 0.774. The molecule has 0 atom stereocenters. The SMILES string of the molecule is CCc1nc(OC)nc(N2CCOCC2)n1. The topological polar surface area (TPSA) is 60.4 Å². The molecule has 0 aliphatic carbocycles. The molecule has 2 heterocycles. The van der Waals surface area contributed by atoms with Crippen LogP contribution in [-0.2, 0) is 11.2 Å². The number of nitrogens with zero attached hydrogens (tertiary/aromatic N) is 4. The number of hydrogen-bond donors (Lipinski definition) is 0. The van der Waals surface area contributed by atoms with E-state index in [1.165, 1.54) is 0 Å². The Bertz CT molecular complexity index is 330. The highest BCUT2D eigenvalue weighted by Gasteiger charge is 2.16. The van der Waals surface area contributed by atoms with Crippen LogP contribution < -0.4 is 9.64 Å². The molecule has 0 aromatic carbocycles. The highest BCUT2D eigenvalue weighted by molar-refractivity contribution is 5.31. The van der Waals surface area contributed by atoms with Gasteiger partial charge in [-0.2, -0.15) is 15.0 Å². The zero-order chi connectivity index (χ0) is 11.4. The van der Waals surface area contributed by atoms with Crippen LogP contribution in [0.5, 0.6) is 6.01 Å². The zero-order valence-corrected chi connectivity index (χ0v) is 9.64. The van der Waals surface area contributed by atoms with Gasteiger partial charge in [-0.1, -0.05) is 6.92 Å². The van der Waals surface area contributed by atoms with E-state index in [4.69, 9.17) is 9.47 Å². The van der Waals surface area contributed by atoms with E-state index in [2.05, 4.69) is 19.9 Å². The van der Waals surface area contributed by atoms with Gasteiger partial charge in [0.15, 0.2) is 0 Å². The van der Waals surface area contributed by atoms with E-state index in [0.29, 0.717) is 12.0 Å². The highest BCUT2D eigenvalue weighted by Crippen LogP contribution is 2.13. The van der Waals surface area contributed by atoms with Gasteiger partial charge in [0.2, 0.25) is 5.95 Å². The van der Waals surface area contributed by atoms with Crippen LogP contribution in [0.3, 0.4) is 0 Å². The first kappa shape index (κ1) is 11.1. The van der Waals surface area contributed by atoms with Crippen molar-refractivity contribution in [2.45, 2.75) is 13.3 Å². The predicted molar refractivity (Wildman–Crippen MR) is 58.8 cm³/mol. The van der Waals surface area contributed by atoms with Crippen molar-refractivity contribution in [3.8, 4) is 6.01 Å². The monoisotopic (exact) mass is 224 g/mol. The standard InChI is InChI=1S/C10H16N4O2/c1-3-8-11-9(13-10(12-8)15-2)14-4-6-16-7-5-14/h3-7H2,1-2H3. The van der Waals surface area contributed by atoms with Crippen LogP contribution in [0.4, 0.5) is 5.95 Å². The van der Waals surface area contributed by atoms with Gasteiger partial charge in [0, 0.05) is 19.5 Å². The van der Waals surface area contributed by atoms with E-state index in [-0.39, 0.29) is 0 Å². The van der Waals surface area contributed by atoms with Crippen LogP contribution in [0.1, 0.15) is 12.7 Å². The molecule has 88 valence electrons. The smallest absolute Gasteiger partial charge is 0.321 e. The molecule has 2 rings (SSSR count). The first-order valence-corrected chi connectivity index (χ1v) is 5.45. The normalized spacial score (nSPS) is 16.2. The minimum Gasteiger partial charge on any atom is -0.467 e. The molecule has 6 nitrogen and oxygen atoms in total. The molecular formula is C10H16N4O2. The lowest BCUT2D eigenvalue weighted by Crippen LogP contribution is -2.37. The fourth-order valence-corrected chi connectivity index (χ4v) is 1.54. The Kier molecular flexibility index (Phi) is 3.51. The Morgan fingerprint density at radius 2 is 2.00 bits per heavy atom. The average Bonchev–Trinajstić information content (AvgIpc) is 2.39. The van der Waals surface area contributed by atoms with Crippen LogP contribution in [0, 0.1) is 0 Å². The van der Waals surface area contributed by atoms with Crippen molar-refractivity contribution in [1.29, 1.82) is 0 Å². The van der Waals surface area contributed by atoms with Gasteiger partial charge in [0.1, 0.15) is 5.82 Å². The van der Waals surface area contributed by atoms with Crippen molar-refractivity contribution in [2.24, 2.45) is 0 Å². The molecule has 1 aromatic heterocycles. The number of anilines is 1. The number of morpholine rings is 1. The second-order valence-corrected chi connectivity index (χ2v) is 3.49. The lowest BCUT2D eigenvalue weighted by molar-refractivity contribution is 0.122. The molecule has 1 fully saturated rings. The minimum atomic E-state index is 0.383. The number of aromatic nitrogens is 3. The zero-order valence-electron chi connectivity index (χ0n) is 9.64. The lowest BCUT2D eigenvalue weighted by atomic mass is 10.4. The molecule has 0 radical (unpaired) electrons.